The van der Waals surface area contributed by atoms with Gasteiger partial charge in [-0.05, 0) is 228 Å². The third-order valence-corrected chi connectivity index (χ3v) is 25.3. The van der Waals surface area contributed by atoms with E-state index in [4.69, 9.17) is 0 Å². The van der Waals surface area contributed by atoms with Gasteiger partial charge in [-0.1, -0.05) is 309 Å². The quantitative estimate of drug-likeness (QED) is 0.115. The highest BCUT2D eigenvalue weighted by atomic mass is 32.1. The van der Waals surface area contributed by atoms with Gasteiger partial charge in [-0.3, -0.25) is 0 Å². The van der Waals surface area contributed by atoms with Gasteiger partial charge >= 0.3 is 0 Å². The van der Waals surface area contributed by atoms with E-state index in [2.05, 4.69) is 352 Å². The van der Waals surface area contributed by atoms with Crippen LogP contribution in [-0.2, 0) is 0 Å². The van der Waals surface area contributed by atoms with E-state index in [0.717, 1.165) is 0 Å². The summed E-state index contributed by atoms with van der Waals surface area (Å²) in [4.78, 5) is 0. The zero-order valence-electron chi connectivity index (χ0n) is 56.3. The van der Waals surface area contributed by atoms with E-state index in [1.165, 1.54) is 236 Å². The number of hydrogen-bond donors (Lipinski definition) is 0. The summed E-state index contributed by atoms with van der Waals surface area (Å²) in [6.07, 6.45) is 0. The molecule has 0 spiro atoms. The Morgan fingerprint density at radius 1 is 0.144 bits per heavy atom. The Morgan fingerprint density at radius 2 is 0.500 bits per heavy atom. The van der Waals surface area contributed by atoms with Crippen LogP contribution in [0.1, 0.15) is 0 Å². The van der Waals surface area contributed by atoms with Crippen LogP contribution in [0.3, 0.4) is 0 Å². The van der Waals surface area contributed by atoms with Gasteiger partial charge < -0.3 is 0 Å². The van der Waals surface area contributed by atoms with Crippen molar-refractivity contribution in [2.75, 3.05) is 0 Å². The van der Waals surface area contributed by atoms with Crippen LogP contribution in [0.25, 0.3) is 236 Å². The van der Waals surface area contributed by atoms with E-state index in [1.54, 1.807) is 0 Å². The summed E-state index contributed by atoms with van der Waals surface area (Å²) >= 11 is 3.85. The minimum absolute atomic E-state index is 1.21. The molecule has 104 heavy (non-hydrogen) atoms. The second-order valence-electron chi connectivity index (χ2n) is 28.3. The summed E-state index contributed by atoms with van der Waals surface area (Å²) < 4.78 is 5.28. The molecule has 21 aromatic carbocycles. The lowest BCUT2D eigenvalue weighted by atomic mass is 9.83. The molecule has 0 aliphatic heterocycles. The molecule has 0 atom stereocenters. The largest absolute Gasteiger partial charge is 0.135 e. The second kappa shape index (κ2) is 22.3. The lowest BCUT2D eigenvalue weighted by molar-refractivity contribution is 1.63. The molecule has 0 saturated heterocycles. The van der Waals surface area contributed by atoms with Crippen LogP contribution in [0.5, 0.6) is 0 Å². The van der Waals surface area contributed by atoms with Crippen LogP contribution in [0, 0.1) is 0 Å². The van der Waals surface area contributed by atoms with Gasteiger partial charge in [0.05, 0.1) is 0 Å². The van der Waals surface area contributed by atoms with Crippen LogP contribution in [-0.4, -0.2) is 0 Å². The third-order valence-electron chi connectivity index (χ3n) is 22.9. The molecule has 23 rings (SSSR count). The minimum atomic E-state index is 1.21. The predicted molar refractivity (Wildman–Crippen MR) is 455 cm³/mol. The maximum atomic E-state index is 2.50. The molecule has 0 radical (unpaired) electrons. The zero-order chi connectivity index (χ0) is 67.8. The fourth-order valence-electron chi connectivity index (χ4n) is 18.5. The normalized spacial score (nSPS) is 12.2. The lowest BCUT2D eigenvalue weighted by Crippen LogP contribution is -1.92. The molecule has 0 N–H and O–H groups in total. The van der Waals surface area contributed by atoms with E-state index >= 15 is 0 Å². The summed E-state index contributed by atoms with van der Waals surface area (Å²) in [6, 6.07) is 133. The highest BCUT2D eigenvalue weighted by Crippen LogP contribution is 2.53. The van der Waals surface area contributed by atoms with Crippen LogP contribution >= 0.6 is 22.7 Å². The van der Waals surface area contributed by atoms with Crippen molar-refractivity contribution in [3.05, 3.63) is 352 Å². The molecular formula is C102H58S2. The summed E-state index contributed by atoms with van der Waals surface area (Å²) in [6.45, 7) is 0. The summed E-state index contributed by atoms with van der Waals surface area (Å²) in [5.41, 5.74) is 14.9. The standard InChI is InChI=1S/C102H58S2/c1-2-22-68-59(20-1)21-19-39-69(68)60-40-42-61(43-41-60)94-79-30-10-12-32-81(79)96(82-33-13-11-31-80(82)94)66-49-53-93-91(58-66)100-78-29-9-4-24-72(78)75-51-47-63(55-89(75)102(100)104-93)62-46-50-70-64(54-62)44-45-65-56-88(74-26-5-7-27-76(74)95(65)70)98-85-36-16-14-34-83(85)97(84-35-15-17-37-86(84)98)67-48-52-92-90(57-67)99-77-28-8-3-23-71(77)73-25-6-18-38-87(73)101(99)103-92/h1-58H. The maximum absolute atomic E-state index is 2.50. The van der Waals surface area contributed by atoms with Crippen molar-refractivity contribution < 1.29 is 0 Å². The number of fused-ring (bicyclic) bond motifs is 26. The van der Waals surface area contributed by atoms with Crippen molar-refractivity contribution in [2.45, 2.75) is 0 Å². The molecule has 0 aliphatic carbocycles. The number of hydrogen-bond acceptors (Lipinski definition) is 2. The van der Waals surface area contributed by atoms with E-state index in [1.807, 2.05) is 22.7 Å². The average Bonchev–Trinajstić information content (AvgIpc) is 1.30. The molecular weight excluding hydrogens is 1290 g/mol. The van der Waals surface area contributed by atoms with Crippen molar-refractivity contribution >= 4 is 192 Å². The monoisotopic (exact) mass is 1350 g/mol. The van der Waals surface area contributed by atoms with E-state index in [0.29, 0.717) is 0 Å². The minimum Gasteiger partial charge on any atom is -0.135 e. The van der Waals surface area contributed by atoms with Gasteiger partial charge in [0, 0.05) is 51.1 Å². The summed E-state index contributed by atoms with van der Waals surface area (Å²) in [5, 5.41) is 35.7. The molecule has 0 bridgehead atoms. The smallest absolute Gasteiger partial charge is 0.0440 e. The Hall–Kier alpha value is -12.8. The van der Waals surface area contributed by atoms with Crippen LogP contribution in [0.15, 0.2) is 352 Å². The molecule has 2 heterocycles. The molecule has 478 valence electrons. The molecule has 0 unspecified atom stereocenters. The van der Waals surface area contributed by atoms with E-state index in [-0.39, 0.29) is 0 Å². The van der Waals surface area contributed by atoms with Crippen molar-refractivity contribution in [1.82, 2.24) is 0 Å². The van der Waals surface area contributed by atoms with Gasteiger partial charge in [-0.15, -0.1) is 22.7 Å². The zero-order valence-corrected chi connectivity index (χ0v) is 57.9. The Labute approximate surface area is 606 Å². The van der Waals surface area contributed by atoms with Gasteiger partial charge in [0.25, 0.3) is 0 Å². The molecule has 0 aliphatic rings. The van der Waals surface area contributed by atoms with Crippen molar-refractivity contribution in [1.29, 1.82) is 0 Å². The topological polar surface area (TPSA) is 0 Å². The summed E-state index contributed by atoms with van der Waals surface area (Å²) in [5.74, 6) is 0. The second-order valence-corrected chi connectivity index (χ2v) is 30.4. The highest BCUT2D eigenvalue weighted by molar-refractivity contribution is 7.27. The van der Waals surface area contributed by atoms with Gasteiger partial charge in [0.1, 0.15) is 0 Å². The Morgan fingerprint density at radius 3 is 1.05 bits per heavy atom. The first-order valence-corrected chi connectivity index (χ1v) is 37.7. The van der Waals surface area contributed by atoms with Crippen LogP contribution < -0.4 is 0 Å². The van der Waals surface area contributed by atoms with Gasteiger partial charge in [0.15, 0.2) is 0 Å². The van der Waals surface area contributed by atoms with Crippen LogP contribution in [0.4, 0.5) is 0 Å². The Balaban J connectivity index is 0.645. The Bertz CT molecular complexity index is 7600. The molecule has 0 saturated carbocycles. The SMILES string of the molecule is c1ccc2c(-c3ccc(-c4c5ccccc5c(-c5ccc6sc7c8cc(-c9ccc%10c(ccc%11cc(-c%12c%13ccccc%13c(-c%13ccc%14sc%15c%16ccccc%16c%16ccccc%16c%15c%14c%13)c%13ccccc%12%13)c%12ccccc%12c%11%10)c9)ccc8c8ccccc8c7c6c5)c5ccccc45)cc3)cccc2c1. The first-order chi connectivity index (χ1) is 51.6. The van der Waals surface area contributed by atoms with Gasteiger partial charge in [0.2, 0.25) is 0 Å². The molecule has 2 heteroatoms. The molecule has 2 aromatic heterocycles. The van der Waals surface area contributed by atoms with Crippen molar-refractivity contribution in [3.8, 4) is 66.8 Å². The predicted octanol–water partition coefficient (Wildman–Crippen LogP) is 30.3. The fraction of sp³-hybridized carbons (Fsp3) is 0. The molecule has 0 fully saturated rings. The highest BCUT2D eigenvalue weighted by Gasteiger charge is 2.25. The third kappa shape index (κ3) is 8.41. The fourth-order valence-corrected chi connectivity index (χ4v) is 20.9. The number of rotatable bonds is 6. The summed E-state index contributed by atoms with van der Waals surface area (Å²) in [7, 11) is 0. The van der Waals surface area contributed by atoms with Crippen molar-refractivity contribution in [3.63, 3.8) is 0 Å². The maximum Gasteiger partial charge on any atom is 0.0440 e. The average molecular weight is 1350 g/mol. The van der Waals surface area contributed by atoms with Crippen LogP contribution in [0.2, 0.25) is 0 Å². The lowest BCUT2D eigenvalue weighted by Gasteiger charge is -2.20. The van der Waals surface area contributed by atoms with E-state index in [9.17, 15) is 0 Å². The molecule has 23 aromatic rings. The van der Waals surface area contributed by atoms with Gasteiger partial charge in [-0.25, -0.2) is 0 Å². The number of benzene rings is 21. The first kappa shape index (κ1) is 57.9. The number of thiophene rings is 2. The van der Waals surface area contributed by atoms with E-state index < -0.39 is 0 Å². The first-order valence-electron chi connectivity index (χ1n) is 36.0. The Kier molecular flexibility index (Phi) is 12.4. The molecule has 0 amide bonds. The van der Waals surface area contributed by atoms with Crippen molar-refractivity contribution in [2.24, 2.45) is 0 Å². The molecule has 0 nitrogen and oxygen atoms in total. The van der Waals surface area contributed by atoms with Gasteiger partial charge in [-0.2, -0.15) is 0 Å².